The SMILES string of the molecule is O=C(CCn1c(=O)oc2cc(S(=O)(=O)N3CCCC3)ccc21)Nc1cccc(N2CCCC2)c1. The number of rotatable bonds is 7. The van der Waals surface area contributed by atoms with E-state index >= 15 is 0 Å². The van der Waals surface area contributed by atoms with E-state index in [1.807, 2.05) is 24.3 Å². The third-order valence-electron chi connectivity index (χ3n) is 6.51. The first-order valence-corrected chi connectivity index (χ1v) is 13.1. The van der Waals surface area contributed by atoms with Crippen LogP contribution in [0.3, 0.4) is 0 Å². The molecule has 2 aliphatic heterocycles. The van der Waals surface area contributed by atoms with Gasteiger partial charge in [0.05, 0.1) is 10.4 Å². The molecule has 0 saturated carbocycles. The minimum atomic E-state index is -3.61. The van der Waals surface area contributed by atoms with Crippen molar-refractivity contribution in [2.45, 2.75) is 43.5 Å². The zero-order chi connectivity index (χ0) is 23.7. The molecule has 1 aromatic heterocycles. The van der Waals surface area contributed by atoms with Crippen LogP contribution in [0.25, 0.3) is 11.1 Å². The maximum Gasteiger partial charge on any atom is 0.419 e. The smallest absolute Gasteiger partial charge is 0.408 e. The molecule has 2 fully saturated rings. The van der Waals surface area contributed by atoms with Gasteiger partial charge in [-0.1, -0.05) is 6.07 Å². The van der Waals surface area contributed by atoms with Gasteiger partial charge in [-0.25, -0.2) is 13.2 Å². The van der Waals surface area contributed by atoms with Crippen LogP contribution in [0.4, 0.5) is 11.4 Å². The number of anilines is 2. The summed E-state index contributed by atoms with van der Waals surface area (Å²) in [6.07, 6.45) is 4.12. The molecule has 3 heterocycles. The van der Waals surface area contributed by atoms with Gasteiger partial charge >= 0.3 is 5.76 Å². The van der Waals surface area contributed by atoms with Crippen molar-refractivity contribution in [1.82, 2.24) is 8.87 Å². The summed E-state index contributed by atoms with van der Waals surface area (Å²) in [6, 6.07) is 12.2. The molecule has 0 aliphatic carbocycles. The summed E-state index contributed by atoms with van der Waals surface area (Å²) < 4.78 is 33.7. The second-order valence-electron chi connectivity index (χ2n) is 8.80. The molecule has 180 valence electrons. The molecule has 0 radical (unpaired) electrons. The normalized spacial score (nSPS) is 17.0. The number of aromatic nitrogens is 1. The Morgan fingerprint density at radius 2 is 1.71 bits per heavy atom. The highest BCUT2D eigenvalue weighted by Gasteiger charge is 2.28. The second kappa shape index (κ2) is 9.27. The molecular formula is C24H28N4O5S. The summed E-state index contributed by atoms with van der Waals surface area (Å²) in [5.41, 5.74) is 2.47. The van der Waals surface area contributed by atoms with Gasteiger partial charge in [0, 0.05) is 56.6 Å². The Bertz CT molecular complexity index is 1370. The first-order chi connectivity index (χ1) is 16.4. The molecule has 1 N–H and O–H groups in total. The van der Waals surface area contributed by atoms with Gasteiger partial charge < -0.3 is 14.6 Å². The summed E-state index contributed by atoms with van der Waals surface area (Å²) in [6.45, 7) is 3.17. The van der Waals surface area contributed by atoms with Crippen LogP contribution in [0.5, 0.6) is 0 Å². The molecule has 3 aromatic rings. The van der Waals surface area contributed by atoms with E-state index in [2.05, 4.69) is 10.2 Å². The maximum atomic E-state index is 12.8. The third kappa shape index (κ3) is 4.47. The Hall–Kier alpha value is -3.11. The predicted molar refractivity (Wildman–Crippen MR) is 130 cm³/mol. The Morgan fingerprint density at radius 1 is 0.971 bits per heavy atom. The van der Waals surface area contributed by atoms with Gasteiger partial charge in [-0.05, 0) is 56.0 Å². The fourth-order valence-electron chi connectivity index (χ4n) is 4.69. The summed E-state index contributed by atoms with van der Waals surface area (Å²) in [5, 5.41) is 2.90. The van der Waals surface area contributed by atoms with Crippen LogP contribution in [0.15, 0.2) is 56.6 Å². The Labute approximate surface area is 198 Å². The van der Waals surface area contributed by atoms with Gasteiger partial charge in [0.2, 0.25) is 15.9 Å². The zero-order valence-corrected chi connectivity index (χ0v) is 19.7. The Morgan fingerprint density at radius 3 is 2.47 bits per heavy atom. The number of hydrogen-bond donors (Lipinski definition) is 1. The van der Waals surface area contributed by atoms with Crippen molar-refractivity contribution in [2.24, 2.45) is 0 Å². The molecule has 34 heavy (non-hydrogen) atoms. The number of nitrogens with one attached hydrogen (secondary N) is 1. The summed E-state index contributed by atoms with van der Waals surface area (Å²) >= 11 is 0. The van der Waals surface area contributed by atoms with Crippen molar-refractivity contribution in [2.75, 3.05) is 36.4 Å². The lowest BCUT2D eigenvalue weighted by Crippen LogP contribution is -2.27. The number of amides is 1. The van der Waals surface area contributed by atoms with Crippen LogP contribution in [0.1, 0.15) is 32.1 Å². The standard InChI is InChI=1S/C24H28N4O5S/c29-23(25-18-6-5-7-19(16-18)26-11-1-2-12-26)10-15-28-21-9-8-20(17-22(21)33-24(28)30)34(31,32)27-13-3-4-14-27/h5-9,16-17H,1-4,10-15H2,(H,25,29). The molecule has 0 atom stereocenters. The first kappa shape index (κ1) is 22.7. The number of oxazole rings is 1. The fraction of sp³-hybridized carbons (Fsp3) is 0.417. The van der Waals surface area contributed by atoms with Gasteiger partial charge in [0.1, 0.15) is 0 Å². The van der Waals surface area contributed by atoms with Crippen LogP contribution < -0.4 is 16.0 Å². The lowest BCUT2D eigenvalue weighted by molar-refractivity contribution is -0.116. The van der Waals surface area contributed by atoms with Crippen LogP contribution in [0, 0.1) is 0 Å². The number of nitrogens with zero attached hydrogens (tertiary/aromatic N) is 3. The average molecular weight is 485 g/mol. The van der Waals surface area contributed by atoms with Crippen molar-refractivity contribution in [1.29, 1.82) is 0 Å². The number of fused-ring (bicyclic) bond motifs is 1. The minimum absolute atomic E-state index is 0.0797. The third-order valence-corrected chi connectivity index (χ3v) is 8.40. The van der Waals surface area contributed by atoms with E-state index in [0.717, 1.165) is 37.3 Å². The van der Waals surface area contributed by atoms with E-state index in [-0.39, 0.29) is 29.4 Å². The van der Waals surface area contributed by atoms with Gasteiger partial charge in [-0.15, -0.1) is 0 Å². The number of benzene rings is 2. The topological polar surface area (TPSA) is 105 Å². The molecule has 0 bridgehead atoms. The Balaban J connectivity index is 1.28. The molecule has 5 rings (SSSR count). The maximum absolute atomic E-state index is 12.8. The van der Waals surface area contributed by atoms with E-state index in [4.69, 9.17) is 4.42 Å². The molecule has 9 nitrogen and oxygen atoms in total. The monoisotopic (exact) mass is 484 g/mol. The summed E-state index contributed by atoms with van der Waals surface area (Å²) in [7, 11) is -3.61. The van der Waals surface area contributed by atoms with Crippen molar-refractivity contribution in [3.8, 4) is 0 Å². The van der Waals surface area contributed by atoms with Crippen molar-refractivity contribution in [3.63, 3.8) is 0 Å². The second-order valence-corrected chi connectivity index (χ2v) is 10.7. The van der Waals surface area contributed by atoms with E-state index in [9.17, 15) is 18.0 Å². The molecule has 1 amide bonds. The van der Waals surface area contributed by atoms with Crippen LogP contribution in [-0.4, -0.2) is 49.4 Å². The molecule has 0 unspecified atom stereocenters. The van der Waals surface area contributed by atoms with Gasteiger partial charge in [0.15, 0.2) is 5.58 Å². The van der Waals surface area contributed by atoms with E-state index in [1.165, 1.54) is 33.8 Å². The average Bonchev–Trinajstić information content (AvgIpc) is 3.59. The van der Waals surface area contributed by atoms with Gasteiger partial charge in [-0.3, -0.25) is 9.36 Å². The Kier molecular flexibility index (Phi) is 6.18. The number of aryl methyl sites for hydroxylation is 1. The van der Waals surface area contributed by atoms with E-state index in [1.54, 1.807) is 6.07 Å². The van der Waals surface area contributed by atoms with Crippen LogP contribution >= 0.6 is 0 Å². The van der Waals surface area contributed by atoms with Gasteiger partial charge in [0.25, 0.3) is 0 Å². The molecule has 10 heteroatoms. The number of carbonyl (C=O) groups excluding carboxylic acids is 1. The number of hydrogen-bond acceptors (Lipinski definition) is 6. The zero-order valence-electron chi connectivity index (χ0n) is 18.9. The van der Waals surface area contributed by atoms with Crippen LogP contribution in [-0.2, 0) is 21.4 Å². The van der Waals surface area contributed by atoms with Crippen molar-refractivity contribution >= 4 is 38.4 Å². The number of sulfonamides is 1. The fourth-order valence-corrected chi connectivity index (χ4v) is 6.22. The van der Waals surface area contributed by atoms with E-state index in [0.29, 0.717) is 18.6 Å². The lowest BCUT2D eigenvalue weighted by Gasteiger charge is -2.18. The highest BCUT2D eigenvalue weighted by molar-refractivity contribution is 7.89. The largest absolute Gasteiger partial charge is 0.419 e. The quantitative estimate of drug-likeness (QED) is 0.553. The van der Waals surface area contributed by atoms with Crippen molar-refractivity contribution < 1.29 is 17.6 Å². The molecule has 2 aliphatic rings. The molecule has 2 saturated heterocycles. The van der Waals surface area contributed by atoms with Crippen molar-refractivity contribution in [3.05, 3.63) is 53.0 Å². The highest BCUT2D eigenvalue weighted by Crippen LogP contribution is 2.25. The minimum Gasteiger partial charge on any atom is -0.408 e. The van der Waals surface area contributed by atoms with E-state index < -0.39 is 15.8 Å². The van der Waals surface area contributed by atoms with Gasteiger partial charge in [-0.2, -0.15) is 4.31 Å². The predicted octanol–water partition coefficient (Wildman–Crippen LogP) is 3.01. The lowest BCUT2D eigenvalue weighted by atomic mass is 10.2. The molecule has 2 aromatic carbocycles. The molecule has 0 spiro atoms. The van der Waals surface area contributed by atoms with Crippen LogP contribution in [0.2, 0.25) is 0 Å². The molecular weight excluding hydrogens is 456 g/mol. The number of carbonyl (C=O) groups is 1. The highest BCUT2D eigenvalue weighted by atomic mass is 32.2. The summed E-state index contributed by atoms with van der Waals surface area (Å²) in [4.78, 5) is 27.4. The first-order valence-electron chi connectivity index (χ1n) is 11.7. The summed E-state index contributed by atoms with van der Waals surface area (Å²) in [5.74, 6) is -0.831.